The predicted molar refractivity (Wildman–Crippen MR) is 113 cm³/mol. The van der Waals surface area contributed by atoms with Crippen molar-refractivity contribution in [2.75, 3.05) is 26.9 Å². The Bertz CT molecular complexity index is 898. The fraction of sp³-hybridized carbons (Fsp3) is 0.333. The van der Waals surface area contributed by atoms with Crippen LogP contribution in [0.2, 0.25) is 5.02 Å². The summed E-state index contributed by atoms with van der Waals surface area (Å²) in [4.78, 5) is 28.5. The van der Waals surface area contributed by atoms with Gasteiger partial charge >= 0.3 is 12.0 Å². The van der Waals surface area contributed by atoms with E-state index >= 15 is 0 Å². The van der Waals surface area contributed by atoms with Crippen molar-refractivity contribution in [1.29, 1.82) is 0 Å². The van der Waals surface area contributed by atoms with Crippen molar-refractivity contribution < 1.29 is 19.1 Å². The fourth-order valence-electron chi connectivity index (χ4n) is 3.22. The van der Waals surface area contributed by atoms with Gasteiger partial charge in [0.05, 0.1) is 18.2 Å². The van der Waals surface area contributed by atoms with Crippen LogP contribution in [0.15, 0.2) is 53.0 Å². The zero-order valence-electron chi connectivity index (χ0n) is 16.3. The lowest BCUT2D eigenvalue weighted by atomic mass is 9.95. The van der Waals surface area contributed by atoms with Crippen LogP contribution < -0.4 is 5.32 Å². The number of methoxy groups -OCH3 is 1. The van der Waals surface area contributed by atoms with E-state index in [2.05, 4.69) is 5.32 Å². The molecule has 1 aromatic carbocycles. The number of nitrogens with zero attached hydrogens (tertiary/aromatic N) is 1. The maximum absolute atomic E-state index is 12.9. The van der Waals surface area contributed by atoms with Crippen LogP contribution in [-0.2, 0) is 20.7 Å². The summed E-state index contributed by atoms with van der Waals surface area (Å²) < 4.78 is 10.3. The third-order valence-electron chi connectivity index (χ3n) is 4.68. The Balaban J connectivity index is 1.91. The van der Waals surface area contributed by atoms with Gasteiger partial charge in [-0.1, -0.05) is 29.8 Å². The number of carbonyl (C=O) groups excluding carboxylic acids is 2. The number of hydrogen-bond donors (Lipinski definition) is 1. The number of ether oxygens (including phenoxy) is 2. The third kappa shape index (κ3) is 5.18. The first-order valence-electron chi connectivity index (χ1n) is 9.24. The van der Waals surface area contributed by atoms with Crippen molar-refractivity contribution >= 4 is 34.9 Å². The summed E-state index contributed by atoms with van der Waals surface area (Å²) in [5.74, 6) is -0.481. The maximum Gasteiger partial charge on any atom is 0.338 e. The van der Waals surface area contributed by atoms with E-state index in [4.69, 9.17) is 21.1 Å². The average Bonchev–Trinajstić information content (AvgIpc) is 3.21. The monoisotopic (exact) mass is 434 g/mol. The molecule has 0 aliphatic carbocycles. The number of halogens is 1. The van der Waals surface area contributed by atoms with Gasteiger partial charge in [0.1, 0.15) is 6.61 Å². The van der Waals surface area contributed by atoms with Gasteiger partial charge < -0.3 is 14.8 Å². The second-order valence-electron chi connectivity index (χ2n) is 6.55. The molecular formula is C21H23ClN2O4S. The fourth-order valence-corrected chi connectivity index (χ4v) is 4.12. The van der Waals surface area contributed by atoms with Gasteiger partial charge in [-0.15, -0.1) is 11.3 Å². The lowest BCUT2D eigenvalue weighted by Gasteiger charge is -2.35. The van der Waals surface area contributed by atoms with Crippen molar-refractivity contribution in [3.8, 4) is 0 Å². The number of esters is 1. The van der Waals surface area contributed by atoms with E-state index in [-0.39, 0.29) is 12.6 Å². The zero-order valence-corrected chi connectivity index (χ0v) is 17.9. The van der Waals surface area contributed by atoms with E-state index in [1.54, 1.807) is 48.5 Å². The Kier molecular flexibility index (Phi) is 7.30. The van der Waals surface area contributed by atoms with E-state index in [9.17, 15) is 9.59 Å². The number of amides is 2. The van der Waals surface area contributed by atoms with Crippen LogP contribution in [-0.4, -0.2) is 43.8 Å². The predicted octanol–water partition coefficient (Wildman–Crippen LogP) is 4.17. The highest BCUT2D eigenvalue weighted by molar-refractivity contribution is 7.09. The maximum atomic E-state index is 12.9. The number of nitrogens with one attached hydrogen (secondary N) is 1. The first-order valence-corrected chi connectivity index (χ1v) is 10.5. The number of thiophene rings is 1. The smallest absolute Gasteiger partial charge is 0.338 e. The molecule has 6 nitrogen and oxygen atoms in total. The molecule has 2 amide bonds. The molecule has 1 atom stereocenters. The van der Waals surface area contributed by atoms with Gasteiger partial charge in [0.15, 0.2) is 0 Å². The highest BCUT2D eigenvalue weighted by Gasteiger charge is 2.36. The van der Waals surface area contributed by atoms with Gasteiger partial charge in [-0.2, -0.15) is 0 Å². The molecule has 0 fully saturated rings. The van der Waals surface area contributed by atoms with Crippen LogP contribution in [0.1, 0.15) is 23.4 Å². The number of allylic oxidation sites excluding steroid dienone is 1. The molecule has 1 aromatic heterocycles. The number of urea groups is 1. The molecule has 8 heteroatoms. The van der Waals surface area contributed by atoms with Gasteiger partial charge in [0.25, 0.3) is 0 Å². The minimum atomic E-state index is -0.630. The number of carbonyl (C=O) groups is 2. The average molecular weight is 435 g/mol. The highest BCUT2D eigenvalue weighted by atomic mass is 35.5. The van der Waals surface area contributed by atoms with Gasteiger partial charge in [-0.3, -0.25) is 4.90 Å². The SMILES string of the molecule is COCCOC(=O)C1=C(C)N(CCc2cccs2)C(=O)NC1c1cccc(Cl)c1. The van der Waals surface area contributed by atoms with Gasteiger partial charge in [0.2, 0.25) is 0 Å². The van der Waals surface area contributed by atoms with E-state index in [1.165, 1.54) is 4.88 Å². The number of benzene rings is 1. The first kappa shape index (κ1) is 21.4. The zero-order chi connectivity index (χ0) is 20.8. The van der Waals surface area contributed by atoms with E-state index in [0.717, 1.165) is 5.56 Å². The number of rotatable bonds is 8. The third-order valence-corrected chi connectivity index (χ3v) is 5.85. The molecule has 0 saturated heterocycles. The molecular weight excluding hydrogens is 412 g/mol. The molecule has 0 radical (unpaired) electrons. The van der Waals surface area contributed by atoms with E-state index < -0.39 is 12.0 Å². The van der Waals surface area contributed by atoms with Crippen LogP contribution in [0.5, 0.6) is 0 Å². The van der Waals surface area contributed by atoms with Crippen molar-refractivity contribution in [2.24, 2.45) is 0 Å². The Morgan fingerprint density at radius 2 is 2.10 bits per heavy atom. The summed E-state index contributed by atoms with van der Waals surface area (Å²) in [7, 11) is 1.54. The summed E-state index contributed by atoms with van der Waals surface area (Å²) in [5.41, 5.74) is 1.70. The molecule has 1 aliphatic rings. The molecule has 154 valence electrons. The molecule has 0 spiro atoms. The lowest BCUT2D eigenvalue weighted by Crippen LogP contribution is -2.48. The quantitative estimate of drug-likeness (QED) is 0.500. The summed E-state index contributed by atoms with van der Waals surface area (Å²) in [5, 5.41) is 5.47. The van der Waals surface area contributed by atoms with Crippen molar-refractivity contribution in [3.05, 3.63) is 68.5 Å². The molecule has 0 saturated carbocycles. The molecule has 0 bridgehead atoms. The summed E-state index contributed by atoms with van der Waals surface area (Å²) in [6.07, 6.45) is 0.705. The molecule has 3 rings (SSSR count). The van der Waals surface area contributed by atoms with Crippen molar-refractivity contribution in [2.45, 2.75) is 19.4 Å². The lowest BCUT2D eigenvalue weighted by molar-refractivity contribution is -0.140. The van der Waals surface area contributed by atoms with Crippen LogP contribution in [0.25, 0.3) is 0 Å². The van der Waals surface area contributed by atoms with E-state index in [0.29, 0.717) is 35.9 Å². The Morgan fingerprint density at radius 3 is 2.79 bits per heavy atom. The largest absolute Gasteiger partial charge is 0.460 e. The standard InChI is InChI=1S/C21H23ClN2O4S/c1-14-18(20(25)28-11-10-27-2)19(15-5-3-6-16(22)13-15)23-21(26)24(14)9-8-17-7-4-12-29-17/h3-7,12-13,19H,8-11H2,1-2H3,(H,23,26). The normalized spacial score (nSPS) is 16.7. The summed E-state index contributed by atoms with van der Waals surface area (Å²) in [6, 6.07) is 10.2. The molecule has 2 aromatic rings. The summed E-state index contributed by atoms with van der Waals surface area (Å²) in [6.45, 7) is 2.68. The Morgan fingerprint density at radius 1 is 1.28 bits per heavy atom. The molecule has 1 aliphatic heterocycles. The minimum absolute atomic E-state index is 0.136. The van der Waals surface area contributed by atoms with E-state index in [1.807, 2.05) is 23.6 Å². The number of hydrogen-bond acceptors (Lipinski definition) is 5. The molecule has 29 heavy (non-hydrogen) atoms. The molecule has 1 unspecified atom stereocenters. The Hall–Kier alpha value is -2.35. The van der Waals surface area contributed by atoms with Gasteiger partial charge in [-0.25, -0.2) is 9.59 Å². The van der Waals surface area contributed by atoms with Crippen LogP contribution >= 0.6 is 22.9 Å². The molecule has 2 heterocycles. The topological polar surface area (TPSA) is 67.9 Å². The van der Waals surface area contributed by atoms with Crippen molar-refractivity contribution in [1.82, 2.24) is 10.2 Å². The van der Waals surface area contributed by atoms with Gasteiger partial charge in [0, 0.05) is 29.3 Å². The second-order valence-corrected chi connectivity index (χ2v) is 8.01. The second kappa shape index (κ2) is 9.91. The minimum Gasteiger partial charge on any atom is -0.460 e. The first-order chi connectivity index (χ1) is 14.0. The van der Waals surface area contributed by atoms with Gasteiger partial charge in [-0.05, 0) is 42.5 Å². The summed E-state index contributed by atoms with van der Waals surface area (Å²) >= 11 is 7.77. The van der Waals surface area contributed by atoms with Crippen LogP contribution in [0.4, 0.5) is 4.79 Å². The Labute approximate surface area is 179 Å². The highest BCUT2D eigenvalue weighted by Crippen LogP contribution is 2.32. The molecule has 1 N–H and O–H groups in total. The van der Waals surface area contributed by atoms with Crippen molar-refractivity contribution in [3.63, 3.8) is 0 Å². The van der Waals surface area contributed by atoms with Crippen LogP contribution in [0.3, 0.4) is 0 Å². The van der Waals surface area contributed by atoms with Crippen LogP contribution in [0, 0.1) is 0 Å².